The molecule has 2 amide bonds. The molecule has 0 unspecified atom stereocenters. The molecular formula is C23H30N4O2. The fraction of sp³-hybridized carbons (Fsp3) is 0.391. The van der Waals surface area contributed by atoms with Gasteiger partial charge in [-0.3, -0.25) is 9.59 Å². The molecule has 0 saturated carbocycles. The van der Waals surface area contributed by atoms with Crippen LogP contribution in [0.15, 0.2) is 48.5 Å². The Morgan fingerprint density at radius 1 is 0.862 bits per heavy atom. The van der Waals surface area contributed by atoms with Crippen molar-refractivity contribution in [2.75, 3.05) is 48.3 Å². The first-order valence-corrected chi connectivity index (χ1v) is 10.3. The maximum Gasteiger partial charge on any atom is 0.255 e. The van der Waals surface area contributed by atoms with Crippen molar-refractivity contribution in [1.82, 2.24) is 4.90 Å². The number of amides is 2. The summed E-state index contributed by atoms with van der Waals surface area (Å²) < 4.78 is 0. The van der Waals surface area contributed by atoms with Crippen molar-refractivity contribution in [3.8, 4) is 0 Å². The molecule has 2 aromatic carbocycles. The second-order valence-corrected chi connectivity index (χ2v) is 7.64. The average Bonchev–Trinajstić information content (AvgIpc) is 2.74. The minimum absolute atomic E-state index is 0.0431. The number of carbonyl (C=O) groups is 2. The second kappa shape index (κ2) is 9.56. The van der Waals surface area contributed by atoms with E-state index in [0.29, 0.717) is 11.3 Å². The Hall–Kier alpha value is -2.86. The second-order valence-electron chi connectivity index (χ2n) is 7.64. The minimum atomic E-state index is -0.170. The summed E-state index contributed by atoms with van der Waals surface area (Å²) in [6, 6.07) is 14.9. The van der Waals surface area contributed by atoms with Crippen molar-refractivity contribution < 1.29 is 9.59 Å². The molecule has 3 rings (SSSR count). The third-order valence-corrected chi connectivity index (χ3v) is 5.25. The van der Waals surface area contributed by atoms with Crippen LogP contribution >= 0.6 is 0 Å². The first kappa shape index (κ1) is 20.9. The molecule has 1 fully saturated rings. The zero-order chi connectivity index (χ0) is 20.8. The molecular weight excluding hydrogens is 364 g/mol. The highest BCUT2D eigenvalue weighted by Gasteiger charge is 2.16. The Kier molecular flexibility index (Phi) is 6.88. The standard InChI is InChI=1S/C23H30N4O2/c1-4-26-13-15-27(16-14-26)21-11-9-20(10-12-21)25-23(29)18-5-7-19(8-6-18)24-22(28)17(2)3/h5-12,17H,4,13-16H2,1-3H3,(H,24,28)(H,25,29). The Morgan fingerprint density at radius 3 is 1.97 bits per heavy atom. The molecule has 0 spiro atoms. The van der Waals surface area contributed by atoms with Gasteiger partial charge in [0.05, 0.1) is 0 Å². The van der Waals surface area contributed by atoms with Crippen LogP contribution in [-0.2, 0) is 4.79 Å². The van der Waals surface area contributed by atoms with E-state index in [4.69, 9.17) is 0 Å². The first-order chi connectivity index (χ1) is 14.0. The molecule has 154 valence electrons. The van der Waals surface area contributed by atoms with E-state index in [1.54, 1.807) is 24.3 Å². The smallest absolute Gasteiger partial charge is 0.255 e. The van der Waals surface area contributed by atoms with Crippen molar-refractivity contribution in [3.63, 3.8) is 0 Å². The van der Waals surface area contributed by atoms with Crippen LogP contribution in [0.4, 0.5) is 17.1 Å². The molecule has 6 nitrogen and oxygen atoms in total. The molecule has 0 radical (unpaired) electrons. The SMILES string of the molecule is CCN1CCN(c2ccc(NC(=O)c3ccc(NC(=O)C(C)C)cc3)cc2)CC1. The van der Waals surface area contributed by atoms with Crippen LogP contribution < -0.4 is 15.5 Å². The van der Waals surface area contributed by atoms with E-state index in [-0.39, 0.29) is 17.7 Å². The third kappa shape index (κ3) is 5.57. The van der Waals surface area contributed by atoms with Crippen LogP contribution in [-0.4, -0.2) is 49.4 Å². The van der Waals surface area contributed by atoms with E-state index >= 15 is 0 Å². The number of nitrogens with zero attached hydrogens (tertiary/aromatic N) is 2. The van der Waals surface area contributed by atoms with Crippen molar-refractivity contribution in [1.29, 1.82) is 0 Å². The van der Waals surface area contributed by atoms with Crippen LogP contribution in [0.5, 0.6) is 0 Å². The number of hydrogen-bond acceptors (Lipinski definition) is 4. The van der Waals surface area contributed by atoms with Gasteiger partial charge in [-0.15, -0.1) is 0 Å². The van der Waals surface area contributed by atoms with E-state index in [2.05, 4.69) is 39.5 Å². The molecule has 1 saturated heterocycles. The summed E-state index contributed by atoms with van der Waals surface area (Å²) in [4.78, 5) is 29.1. The van der Waals surface area contributed by atoms with E-state index in [1.165, 1.54) is 5.69 Å². The minimum Gasteiger partial charge on any atom is -0.369 e. The number of rotatable bonds is 6. The van der Waals surface area contributed by atoms with Gasteiger partial charge in [-0.1, -0.05) is 20.8 Å². The van der Waals surface area contributed by atoms with Gasteiger partial charge in [0.1, 0.15) is 0 Å². The normalized spacial score (nSPS) is 14.7. The molecule has 29 heavy (non-hydrogen) atoms. The largest absolute Gasteiger partial charge is 0.369 e. The lowest BCUT2D eigenvalue weighted by Gasteiger charge is -2.35. The van der Waals surface area contributed by atoms with Gasteiger partial charge >= 0.3 is 0 Å². The molecule has 2 N–H and O–H groups in total. The maximum atomic E-state index is 12.5. The van der Waals surface area contributed by atoms with Crippen LogP contribution in [0.3, 0.4) is 0 Å². The number of carbonyl (C=O) groups excluding carboxylic acids is 2. The quantitative estimate of drug-likeness (QED) is 0.785. The number of anilines is 3. The van der Waals surface area contributed by atoms with E-state index < -0.39 is 0 Å². The predicted octanol–water partition coefficient (Wildman–Crippen LogP) is 3.68. The Bertz CT molecular complexity index is 823. The molecule has 6 heteroatoms. The summed E-state index contributed by atoms with van der Waals surface area (Å²) in [5.41, 5.74) is 3.19. The van der Waals surface area contributed by atoms with E-state index in [0.717, 1.165) is 38.4 Å². The van der Waals surface area contributed by atoms with Crippen molar-refractivity contribution >= 4 is 28.9 Å². The van der Waals surface area contributed by atoms with E-state index in [9.17, 15) is 9.59 Å². The van der Waals surface area contributed by atoms with Crippen LogP contribution in [0.2, 0.25) is 0 Å². The number of piperazine rings is 1. The van der Waals surface area contributed by atoms with E-state index in [1.807, 2.05) is 26.0 Å². The monoisotopic (exact) mass is 394 g/mol. The molecule has 2 aromatic rings. The summed E-state index contributed by atoms with van der Waals surface area (Å²) in [6.45, 7) is 11.2. The van der Waals surface area contributed by atoms with Gasteiger partial charge in [-0.05, 0) is 55.1 Å². The third-order valence-electron chi connectivity index (χ3n) is 5.25. The number of nitrogens with one attached hydrogen (secondary N) is 2. The van der Waals surface area contributed by atoms with Crippen LogP contribution in [0.1, 0.15) is 31.1 Å². The fourth-order valence-electron chi connectivity index (χ4n) is 3.27. The Morgan fingerprint density at radius 2 is 1.41 bits per heavy atom. The average molecular weight is 395 g/mol. The summed E-state index contributed by atoms with van der Waals surface area (Å²) in [5, 5.41) is 5.75. The summed E-state index contributed by atoms with van der Waals surface area (Å²) in [6.07, 6.45) is 0. The van der Waals surface area contributed by atoms with Gasteiger partial charge in [0.15, 0.2) is 0 Å². The highest BCUT2D eigenvalue weighted by Crippen LogP contribution is 2.20. The lowest BCUT2D eigenvalue weighted by molar-refractivity contribution is -0.118. The number of hydrogen-bond donors (Lipinski definition) is 2. The molecule has 0 aromatic heterocycles. The zero-order valence-corrected chi connectivity index (χ0v) is 17.4. The lowest BCUT2D eigenvalue weighted by Crippen LogP contribution is -2.46. The van der Waals surface area contributed by atoms with Gasteiger partial charge in [0, 0.05) is 54.7 Å². The van der Waals surface area contributed by atoms with Gasteiger partial charge in [0.2, 0.25) is 5.91 Å². The molecule has 1 heterocycles. The zero-order valence-electron chi connectivity index (χ0n) is 17.4. The summed E-state index contributed by atoms with van der Waals surface area (Å²) >= 11 is 0. The highest BCUT2D eigenvalue weighted by atomic mass is 16.2. The first-order valence-electron chi connectivity index (χ1n) is 10.3. The molecule has 1 aliphatic rings. The molecule has 0 atom stereocenters. The predicted molar refractivity (Wildman–Crippen MR) is 119 cm³/mol. The fourth-order valence-corrected chi connectivity index (χ4v) is 3.27. The van der Waals surface area contributed by atoms with Gasteiger partial charge in [-0.25, -0.2) is 0 Å². The lowest BCUT2D eigenvalue weighted by atomic mass is 10.1. The number of benzene rings is 2. The molecule has 0 bridgehead atoms. The molecule has 1 aliphatic heterocycles. The van der Waals surface area contributed by atoms with Crippen molar-refractivity contribution in [2.24, 2.45) is 5.92 Å². The maximum absolute atomic E-state index is 12.5. The van der Waals surface area contributed by atoms with Crippen molar-refractivity contribution in [3.05, 3.63) is 54.1 Å². The topological polar surface area (TPSA) is 64.7 Å². The van der Waals surface area contributed by atoms with Crippen molar-refractivity contribution in [2.45, 2.75) is 20.8 Å². The highest BCUT2D eigenvalue weighted by molar-refractivity contribution is 6.04. The number of likely N-dealkylation sites (N-methyl/N-ethyl adjacent to an activating group) is 1. The Labute approximate surface area is 172 Å². The van der Waals surface area contributed by atoms with Gasteiger partial charge in [-0.2, -0.15) is 0 Å². The van der Waals surface area contributed by atoms with Gasteiger partial charge in [0.25, 0.3) is 5.91 Å². The van der Waals surface area contributed by atoms with Crippen LogP contribution in [0.25, 0.3) is 0 Å². The van der Waals surface area contributed by atoms with Crippen LogP contribution in [0, 0.1) is 5.92 Å². The summed E-state index contributed by atoms with van der Waals surface area (Å²) in [7, 11) is 0. The summed E-state index contributed by atoms with van der Waals surface area (Å²) in [5.74, 6) is -0.300. The van der Waals surface area contributed by atoms with Gasteiger partial charge < -0.3 is 20.4 Å². The molecule has 0 aliphatic carbocycles. The Balaban J connectivity index is 1.56.